The summed E-state index contributed by atoms with van der Waals surface area (Å²) < 4.78 is 29.4. The molecular formula is C14H19NO4S. The monoisotopic (exact) mass is 297 g/mol. The number of carbonyl (C=O) groups excluding carboxylic acids is 1. The summed E-state index contributed by atoms with van der Waals surface area (Å²) in [6, 6.07) is 7.33. The van der Waals surface area contributed by atoms with Crippen molar-refractivity contribution < 1.29 is 17.9 Å². The SMILES string of the molecule is Cc1ccccc1CS(=O)(=O)CC(=O)N1CCOCC1. The second-order valence-electron chi connectivity index (χ2n) is 4.95. The van der Waals surface area contributed by atoms with Crippen molar-refractivity contribution in [2.45, 2.75) is 12.7 Å². The van der Waals surface area contributed by atoms with E-state index in [9.17, 15) is 13.2 Å². The molecule has 1 aromatic carbocycles. The molecule has 5 nitrogen and oxygen atoms in total. The Kier molecular flexibility index (Phi) is 4.77. The number of amides is 1. The number of benzene rings is 1. The molecule has 2 rings (SSSR count). The minimum Gasteiger partial charge on any atom is -0.378 e. The van der Waals surface area contributed by atoms with E-state index < -0.39 is 15.6 Å². The standard InChI is InChI=1S/C14H19NO4S/c1-12-4-2-3-5-13(12)10-20(17,18)11-14(16)15-6-8-19-9-7-15/h2-5H,6-11H2,1H3. The van der Waals surface area contributed by atoms with Gasteiger partial charge in [0.2, 0.25) is 5.91 Å². The summed E-state index contributed by atoms with van der Waals surface area (Å²) in [7, 11) is -3.44. The number of carbonyl (C=O) groups is 1. The highest BCUT2D eigenvalue weighted by Gasteiger charge is 2.23. The Morgan fingerprint density at radius 2 is 1.90 bits per heavy atom. The maximum Gasteiger partial charge on any atom is 0.237 e. The van der Waals surface area contributed by atoms with E-state index in [2.05, 4.69) is 0 Å². The van der Waals surface area contributed by atoms with Gasteiger partial charge in [0.05, 0.1) is 19.0 Å². The van der Waals surface area contributed by atoms with Crippen molar-refractivity contribution in [3.63, 3.8) is 0 Å². The average Bonchev–Trinajstić information content (AvgIpc) is 2.41. The Balaban J connectivity index is 2.00. The number of morpholine rings is 1. The lowest BCUT2D eigenvalue weighted by molar-refractivity contribution is -0.132. The smallest absolute Gasteiger partial charge is 0.237 e. The van der Waals surface area contributed by atoms with Gasteiger partial charge in [-0.15, -0.1) is 0 Å². The molecule has 20 heavy (non-hydrogen) atoms. The fraction of sp³-hybridized carbons (Fsp3) is 0.500. The lowest BCUT2D eigenvalue weighted by atomic mass is 10.1. The first-order valence-corrected chi connectivity index (χ1v) is 8.40. The van der Waals surface area contributed by atoms with Crippen LogP contribution in [0.25, 0.3) is 0 Å². The van der Waals surface area contributed by atoms with Gasteiger partial charge in [-0.3, -0.25) is 4.79 Å². The summed E-state index contributed by atoms with van der Waals surface area (Å²) in [5.74, 6) is -0.848. The highest BCUT2D eigenvalue weighted by molar-refractivity contribution is 7.91. The first kappa shape index (κ1) is 15.0. The maximum atomic E-state index is 12.1. The van der Waals surface area contributed by atoms with E-state index >= 15 is 0 Å². The fourth-order valence-electron chi connectivity index (χ4n) is 2.15. The first-order valence-electron chi connectivity index (χ1n) is 6.58. The normalized spacial score (nSPS) is 16.1. The van der Waals surface area contributed by atoms with Crippen molar-refractivity contribution in [2.24, 2.45) is 0 Å². The first-order chi connectivity index (χ1) is 9.48. The van der Waals surface area contributed by atoms with Gasteiger partial charge in [-0.25, -0.2) is 8.42 Å². The summed E-state index contributed by atoms with van der Waals surface area (Å²) in [6.07, 6.45) is 0. The largest absolute Gasteiger partial charge is 0.378 e. The molecule has 0 aliphatic carbocycles. The molecule has 6 heteroatoms. The Morgan fingerprint density at radius 1 is 1.25 bits per heavy atom. The third-order valence-electron chi connectivity index (χ3n) is 3.34. The molecule has 110 valence electrons. The fourth-order valence-corrected chi connectivity index (χ4v) is 3.61. The highest BCUT2D eigenvalue weighted by Crippen LogP contribution is 2.12. The molecule has 1 aromatic rings. The third-order valence-corrected chi connectivity index (χ3v) is 4.78. The van der Waals surface area contributed by atoms with Crippen molar-refractivity contribution in [1.29, 1.82) is 0 Å². The average molecular weight is 297 g/mol. The minimum absolute atomic E-state index is 0.0875. The van der Waals surface area contributed by atoms with E-state index in [1.165, 1.54) is 0 Å². The van der Waals surface area contributed by atoms with Crippen LogP contribution in [0.15, 0.2) is 24.3 Å². The van der Waals surface area contributed by atoms with E-state index in [0.29, 0.717) is 26.3 Å². The third kappa shape index (κ3) is 4.05. The number of ether oxygens (including phenoxy) is 1. The molecule has 0 aromatic heterocycles. The predicted octanol–water partition coefficient (Wildman–Crippen LogP) is 0.769. The van der Waals surface area contributed by atoms with Crippen molar-refractivity contribution in [1.82, 2.24) is 4.90 Å². The van der Waals surface area contributed by atoms with Gasteiger partial charge < -0.3 is 9.64 Å². The van der Waals surface area contributed by atoms with Crippen LogP contribution in [0, 0.1) is 6.92 Å². The van der Waals surface area contributed by atoms with Gasteiger partial charge in [-0.05, 0) is 18.1 Å². The zero-order chi connectivity index (χ0) is 14.6. The van der Waals surface area contributed by atoms with Crippen LogP contribution in [-0.2, 0) is 25.1 Å². The summed E-state index contributed by atoms with van der Waals surface area (Å²) in [4.78, 5) is 13.5. The quantitative estimate of drug-likeness (QED) is 0.823. The van der Waals surface area contributed by atoms with Crippen LogP contribution in [0.3, 0.4) is 0 Å². The molecule has 1 fully saturated rings. The van der Waals surface area contributed by atoms with Crippen molar-refractivity contribution in [2.75, 3.05) is 32.1 Å². The second kappa shape index (κ2) is 6.37. The minimum atomic E-state index is -3.44. The van der Waals surface area contributed by atoms with E-state index in [1.807, 2.05) is 25.1 Å². The molecule has 1 aliphatic heterocycles. The number of hydrogen-bond donors (Lipinski definition) is 0. The molecule has 0 unspecified atom stereocenters. The van der Waals surface area contributed by atoms with Crippen LogP contribution in [0.1, 0.15) is 11.1 Å². The van der Waals surface area contributed by atoms with Crippen LogP contribution in [0.2, 0.25) is 0 Å². The summed E-state index contributed by atoms with van der Waals surface area (Å²) in [6.45, 7) is 3.76. The van der Waals surface area contributed by atoms with Crippen LogP contribution in [0.5, 0.6) is 0 Å². The molecule has 0 radical (unpaired) electrons. The van der Waals surface area contributed by atoms with Crippen LogP contribution in [-0.4, -0.2) is 51.3 Å². The van der Waals surface area contributed by atoms with E-state index in [4.69, 9.17) is 4.74 Å². The summed E-state index contributed by atoms with van der Waals surface area (Å²) in [5, 5.41) is 0. The molecule has 0 atom stereocenters. The molecule has 1 amide bonds. The van der Waals surface area contributed by atoms with Crippen LogP contribution in [0.4, 0.5) is 0 Å². The van der Waals surface area contributed by atoms with Gasteiger partial charge in [0, 0.05) is 13.1 Å². The number of sulfone groups is 1. The van der Waals surface area contributed by atoms with E-state index in [-0.39, 0.29) is 11.7 Å². The molecule has 0 N–H and O–H groups in total. The summed E-state index contributed by atoms with van der Waals surface area (Å²) in [5.41, 5.74) is 1.68. The Bertz CT molecular complexity index is 577. The Labute approximate surface area is 119 Å². The molecule has 0 spiro atoms. The van der Waals surface area contributed by atoms with Crippen molar-refractivity contribution in [3.05, 3.63) is 35.4 Å². The van der Waals surface area contributed by atoms with Crippen LogP contribution < -0.4 is 0 Å². The number of rotatable bonds is 4. The molecule has 1 saturated heterocycles. The molecule has 1 heterocycles. The summed E-state index contributed by atoms with van der Waals surface area (Å²) >= 11 is 0. The van der Waals surface area contributed by atoms with Crippen LogP contribution >= 0.6 is 0 Å². The van der Waals surface area contributed by atoms with E-state index in [0.717, 1.165) is 11.1 Å². The van der Waals surface area contributed by atoms with Gasteiger partial charge >= 0.3 is 0 Å². The maximum absolute atomic E-state index is 12.1. The molecule has 1 aliphatic rings. The van der Waals surface area contributed by atoms with Gasteiger partial charge in [0.1, 0.15) is 5.75 Å². The molecule has 0 saturated carbocycles. The lowest BCUT2D eigenvalue weighted by Crippen LogP contribution is -2.43. The van der Waals surface area contributed by atoms with Gasteiger partial charge in [-0.1, -0.05) is 24.3 Å². The van der Waals surface area contributed by atoms with Gasteiger partial charge in [0.15, 0.2) is 9.84 Å². The Morgan fingerprint density at radius 3 is 2.55 bits per heavy atom. The molecule has 0 bridgehead atoms. The van der Waals surface area contributed by atoms with Crippen molar-refractivity contribution >= 4 is 15.7 Å². The molecular weight excluding hydrogens is 278 g/mol. The van der Waals surface area contributed by atoms with Gasteiger partial charge in [0.25, 0.3) is 0 Å². The predicted molar refractivity (Wildman–Crippen MR) is 76.1 cm³/mol. The zero-order valence-electron chi connectivity index (χ0n) is 11.5. The Hall–Kier alpha value is -1.40. The number of nitrogens with zero attached hydrogens (tertiary/aromatic N) is 1. The second-order valence-corrected chi connectivity index (χ2v) is 7.02. The van der Waals surface area contributed by atoms with Gasteiger partial charge in [-0.2, -0.15) is 0 Å². The lowest BCUT2D eigenvalue weighted by Gasteiger charge is -2.26. The van der Waals surface area contributed by atoms with E-state index in [1.54, 1.807) is 11.0 Å². The zero-order valence-corrected chi connectivity index (χ0v) is 12.4. The highest BCUT2D eigenvalue weighted by atomic mass is 32.2. The topological polar surface area (TPSA) is 63.7 Å². The van der Waals surface area contributed by atoms with Crippen molar-refractivity contribution in [3.8, 4) is 0 Å². The number of aryl methyl sites for hydroxylation is 1. The number of hydrogen-bond acceptors (Lipinski definition) is 4.